The summed E-state index contributed by atoms with van der Waals surface area (Å²) < 4.78 is 11.4. The highest BCUT2D eigenvalue weighted by Crippen LogP contribution is 2.33. The van der Waals surface area contributed by atoms with E-state index in [2.05, 4.69) is 0 Å². The van der Waals surface area contributed by atoms with Crippen LogP contribution in [0, 0.1) is 0 Å². The van der Waals surface area contributed by atoms with E-state index in [1.165, 1.54) is 0 Å². The molecular weight excluding hydrogens is 456 g/mol. The van der Waals surface area contributed by atoms with Crippen LogP contribution in [0.15, 0.2) is 103 Å². The minimum atomic E-state index is -2.10. The number of ether oxygens (including phenoxy) is 2. The van der Waals surface area contributed by atoms with Crippen molar-refractivity contribution in [3.8, 4) is 5.75 Å². The molecule has 0 aliphatic carbocycles. The monoisotopic (exact) mass is 480 g/mol. The first-order valence-corrected chi connectivity index (χ1v) is 11.3. The molecule has 0 saturated heterocycles. The van der Waals surface area contributed by atoms with Gasteiger partial charge in [0.1, 0.15) is 31.5 Å². The second-order valence-electron chi connectivity index (χ2n) is 8.19. The highest BCUT2D eigenvalue weighted by atomic mass is 16.5. The summed E-state index contributed by atoms with van der Waals surface area (Å²) in [5.41, 5.74) is 0.959. The first-order valence-electron chi connectivity index (χ1n) is 11.3. The number of rotatable bonds is 10. The highest BCUT2D eigenvalue weighted by molar-refractivity contribution is 5.85. The molecule has 0 aliphatic rings. The average Bonchev–Trinajstić information content (AvgIpc) is 2.95. The molecule has 6 nitrogen and oxygen atoms in total. The first kappa shape index (κ1) is 24.6. The Labute approximate surface area is 208 Å². The van der Waals surface area contributed by atoms with Gasteiger partial charge < -0.3 is 14.6 Å². The van der Waals surface area contributed by atoms with Crippen molar-refractivity contribution in [3.63, 3.8) is 0 Å². The van der Waals surface area contributed by atoms with Crippen LogP contribution in [-0.4, -0.2) is 23.6 Å². The summed E-state index contributed by atoms with van der Waals surface area (Å²) in [6.07, 6.45) is 1.48. The topological polar surface area (TPSA) is 89.9 Å². The average molecular weight is 481 g/mol. The lowest BCUT2D eigenvalue weighted by molar-refractivity contribution is -0.163. The first-order chi connectivity index (χ1) is 17.5. The van der Waals surface area contributed by atoms with Crippen LogP contribution < -0.4 is 4.74 Å². The van der Waals surface area contributed by atoms with Crippen LogP contribution in [0.3, 0.4) is 0 Å². The molecule has 0 aliphatic heterocycles. The second kappa shape index (κ2) is 11.3. The predicted molar refractivity (Wildman–Crippen MR) is 134 cm³/mol. The van der Waals surface area contributed by atoms with Crippen LogP contribution in [0.2, 0.25) is 0 Å². The SMILES string of the molecule is O=Cc1cccc(COC(=O)C(O)(c2ccccc2)c2cccc(OCc3cccc(C=O)c3)c2)c1. The van der Waals surface area contributed by atoms with Gasteiger partial charge in [0.05, 0.1) is 0 Å². The lowest BCUT2D eigenvalue weighted by atomic mass is 9.86. The zero-order valence-electron chi connectivity index (χ0n) is 19.4. The summed E-state index contributed by atoms with van der Waals surface area (Å²) in [4.78, 5) is 35.4. The van der Waals surface area contributed by atoms with E-state index in [1.54, 1.807) is 97.1 Å². The third-order valence-electron chi connectivity index (χ3n) is 5.69. The Kier molecular flexibility index (Phi) is 7.68. The smallest absolute Gasteiger partial charge is 0.348 e. The van der Waals surface area contributed by atoms with Crippen LogP contribution in [-0.2, 0) is 28.3 Å². The fourth-order valence-corrected chi connectivity index (χ4v) is 3.83. The predicted octanol–water partition coefficient (Wildman–Crippen LogP) is 4.87. The van der Waals surface area contributed by atoms with Crippen molar-refractivity contribution < 1.29 is 29.0 Å². The van der Waals surface area contributed by atoms with Gasteiger partial charge in [0.25, 0.3) is 0 Å². The third kappa shape index (κ3) is 5.56. The standard InChI is InChI=1S/C30H24O6/c31-18-22-7-4-9-24(15-22)20-35-28-14-6-13-27(17-28)30(34,26-11-2-1-3-12-26)29(33)36-21-25-10-5-8-23(16-25)19-32/h1-19,34H,20-21H2. The largest absolute Gasteiger partial charge is 0.489 e. The summed E-state index contributed by atoms with van der Waals surface area (Å²) in [5, 5.41) is 11.8. The van der Waals surface area contributed by atoms with E-state index in [0.29, 0.717) is 34.3 Å². The van der Waals surface area contributed by atoms with E-state index in [1.807, 2.05) is 6.07 Å². The van der Waals surface area contributed by atoms with E-state index >= 15 is 0 Å². The molecule has 1 N–H and O–H groups in total. The second-order valence-corrected chi connectivity index (χ2v) is 8.19. The van der Waals surface area contributed by atoms with Crippen molar-refractivity contribution in [1.29, 1.82) is 0 Å². The fourth-order valence-electron chi connectivity index (χ4n) is 3.83. The zero-order valence-corrected chi connectivity index (χ0v) is 19.4. The molecule has 36 heavy (non-hydrogen) atoms. The van der Waals surface area contributed by atoms with Gasteiger partial charge in [0.2, 0.25) is 5.60 Å². The van der Waals surface area contributed by atoms with E-state index in [0.717, 1.165) is 11.8 Å². The van der Waals surface area contributed by atoms with Crippen LogP contribution in [0.4, 0.5) is 0 Å². The van der Waals surface area contributed by atoms with Crippen LogP contribution in [0.5, 0.6) is 5.75 Å². The van der Waals surface area contributed by atoms with Gasteiger partial charge in [-0.3, -0.25) is 9.59 Å². The Balaban J connectivity index is 1.59. The Morgan fingerprint density at radius 2 is 1.28 bits per heavy atom. The number of carbonyl (C=O) groups is 3. The maximum Gasteiger partial charge on any atom is 0.348 e. The molecule has 0 amide bonds. The van der Waals surface area contributed by atoms with Gasteiger partial charge in [0, 0.05) is 16.7 Å². The summed E-state index contributed by atoms with van der Waals surface area (Å²) >= 11 is 0. The minimum Gasteiger partial charge on any atom is -0.489 e. The van der Waals surface area contributed by atoms with Crippen molar-refractivity contribution in [1.82, 2.24) is 0 Å². The van der Waals surface area contributed by atoms with Crippen molar-refractivity contribution in [2.45, 2.75) is 18.8 Å². The van der Waals surface area contributed by atoms with Crippen molar-refractivity contribution in [2.75, 3.05) is 0 Å². The molecule has 0 aromatic heterocycles. The maximum atomic E-state index is 13.3. The molecule has 1 unspecified atom stereocenters. The van der Waals surface area contributed by atoms with Gasteiger partial charge in [-0.1, -0.05) is 78.9 Å². The van der Waals surface area contributed by atoms with Crippen LogP contribution in [0.1, 0.15) is 43.0 Å². The Morgan fingerprint density at radius 3 is 1.92 bits per heavy atom. The molecule has 180 valence electrons. The number of hydrogen-bond acceptors (Lipinski definition) is 6. The fraction of sp³-hybridized carbons (Fsp3) is 0.100. The molecule has 0 spiro atoms. The van der Waals surface area contributed by atoms with Gasteiger partial charge in [-0.05, 0) is 41.0 Å². The quantitative estimate of drug-likeness (QED) is 0.257. The van der Waals surface area contributed by atoms with E-state index in [4.69, 9.17) is 9.47 Å². The van der Waals surface area contributed by atoms with E-state index < -0.39 is 11.6 Å². The molecule has 4 aromatic carbocycles. The number of hydrogen-bond donors (Lipinski definition) is 1. The zero-order chi connectivity index (χ0) is 25.4. The van der Waals surface area contributed by atoms with Gasteiger partial charge in [-0.25, -0.2) is 4.79 Å². The Hall–Kier alpha value is -4.55. The molecule has 0 fully saturated rings. The van der Waals surface area contributed by atoms with Gasteiger partial charge in [0.15, 0.2) is 0 Å². The number of carbonyl (C=O) groups excluding carboxylic acids is 3. The van der Waals surface area contributed by atoms with Crippen LogP contribution in [0.25, 0.3) is 0 Å². The molecule has 1 atom stereocenters. The van der Waals surface area contributed by atoms with Crippen molar-refractivity contribution >= 4 is 18.5 Å². The highest BCUT2D eigenvalue weighted by Gasteiger charge is 2.42. The van der Waals surface area contributed by atoms with Crippen molar-refractivity contribution in [3.05, 3.63) is 137 Å². The summed E-state index contributed by atoms with van der Waals surface area (Å²) in [6.45, 7) is 0.0886. The number of esters is 1. The molecular formula is C30H24O6. The van der Waals surface area contributed by atoms with Crippen LogP contribution >= 0.6 is 0 Å². The molecule has 0 radical (unpaired) electrons. The third-order valence-corrected chi connectivity index (χ3v) is 5.69. The molecule has 0 heterocycles. The molecule has 4 aromatic rings. The lowest BCUT2D eigenvalue weighted by Crippen LogP contribution is -2.38. The number of benzene rings is 4. The van der Waals surface area contributed by atoms with E-state index in [9.17, 15) is 19.5 Å². The molecule has 0 saturated carbocycles. The van der Waals surface area contributed by atoms with Gasteiger partial charge >= 0.3 is 5.97 Å². The molecule has 6 heteroatoms. The normalized spacial score (nSPS) is 12.2. The molecule has 0 bridgehead atoms. The van der Waals surface area contributed by atoms with Gasteiger partial charge in [-0.2, -0.15) is 0 Å². The Morgan fingerprint density at radius 1 is 0.694 bits per heavy atom. The maximum absolute atomic E-state index is 13.3. The number of aliphatic hydroxyl groups is 1. The summed E-state index contributed by atoms with van der Waals surface area (Å²) in [5.74, 6) is -0.425. The number of aldehydes is 2. The van der Waals surface area contributed by atoms with Gasteiger partial charge in [-0.15, -0.1) is 0 Å². The van der Waals surface area contributed by atoms with Crippen molar-refractivity contribution in [2.24, 2.45) is 0 Å². The Bertz CT molecular complexity index is 1360. The summed E-state index contributed by atoms with van der Waals surface area (Å²) in [6, 6.07) is 28.9. The summed E-state index contributed by atoms with van der Waals surface area (Å²) in [7, 11) is 0. The lowest BCUT2D eigenvalue weighted by Gasteiger charge is -2.27. The minimum absolute atomic E-state index is 0.112. The molecule has 4 rings (SSSR count). The van der Waals surface area contributed by atoms with E-state index in [-0.39, 0.29) is 18.8 Å².